The highest BCUT2D eigenvalue weighted by Gasteiger charge is 2.29. The number of fused-ring (bicyclic) bond motifs is 4. The fourth-order valence-electron chi connectivity index (χ4n) is 4.64. The van der Waals surface area contributed by atoms with Gasteiger partial charge in [-0.05, 0) is 43.7 Å². The molecule has 3 aromatic rings. The molecule has 5 rings (SSSR count). The van der Waals surface area contributed by atoms with Gasteiger partial charge in [-0.25, -0.2) is 0 Å². The van der Waals surface area contributed by atoms with E-state index in [1.54, 1.807) is 0 Å². The Balaban J connectivity index is 1.35. The predicted molar refractivity (Wildman–Crippen MR) is 103 cm³/mol. The van der Waals surface area contributed by atoms with Crippen LogP contribution in [0.4, 0.5) is 0 Å². The minimum atomic E-state index is -0.104. The number of hydrogen-bond acceptors (Lipinski definition) is 3. The molecular weight excluding hydrogens is 338 g/mol. The Labute approximate surface area is 158 Å². The highest BCUT2D eigenvalue weighted by atomic mass is 16.1. The average molecular weight is 363 g/mol. The summed E-state index contributed by atoms with van der Waals surface area (Å²) in [6.07, 6.45) is 7.54. The molecule has 0 radical (unpaired) electrons. The Hall–Kier alpha value is -2.63. The maximum Gasteiger partial charge on any atom is 0.229 e. The van der Waals surface area contributed by atoms with Gasteiger partial charge in [-0.15, -0.1) is 10.2 Å². The van der Waals surface area contributed by atoms with Gasteiger partial charge < -0.3 is 14.9 Å². The van der Waals surface area contributed by atoms with Crippen molar-refractivity contribution in [2.75, 3.05) is 0 Å². The van der Waals surface area contributed by atoms with E-state index in [4.69, 9.17) is 0 Å². The summed E-state index contributed by atoms with van der Waals surface area (Å²) in [6.45, 7) is 1.42. The Morgan fingerprint density at radius 1 is 1.15 bits per heavy atom. The Bertz CT molecular complexity index is 986. The zero-order valence-electron chi connectivity index (χ0n) is 15.5. The summed E-state index contributed by atoms with van der Waals surface area (Å²) in [7, 11) is 0. The average Bonchev–Trinajstić information content (AvgIpc) is 3.18. The van der Waals surface area contributed by atoms with Gasteiger partial charge in [0.2, 0.25) is 5.91 Å². The van der Waals surface area contributed by atoms with Gasteiger partial charge in [0.15, 0.2) is 5.82 Å². The number of nitrogens with zero attached hydrogens (tertiary/aromatic N) is 3. The van der Waals surface area contributed by atoms with Crippen LogP contribution in [0.5, 0.6) is 0 Å². The molecule has 1 aliphatic carbocycles. The normalized spacial score (nSPS) is 19.3. The van der Waals surface area contributed by atoms with Gasteiger partial charge in [0.1, 0.15) is 5.82 Å². The van der Waals surface area contributed by atoms with E-state index in [1.165, 1.54) is 23.8 Å². The highest BCUT2D eigenvalue weighted by Crippen LogP contribution is 2.36. The standard InChI is InChI=1S/C21H25N5O/c27-21(22-13-19-25-24-18-11-2-1-5-12-26(18)19)16-9-6-8-15-14-7-3-4-10-17(14)23-20(15)16/h3-4,7,10,16,23H,1-2,5-6,8-9,11-13H2,(H,22,27). The molecule has 1 aromatic carbocycles. The number of nitrogens with one attached hydrogen (secondary N) is 2. The second-order valence-corrected chi connectivity index (χ2v) is 7.72. The van der Waals surface area contributed by atoms with Crippen LogP contribution in [0, 0.1) is 0 Å². The number of rotatable bonds is 3. The summed E-state index contributed by atoms with van der Waals surface area (Å²) in [5.74, 6) is 1.93. The topological polar surface area (TPSA) is 75.6 Å². The Kier molecular flexibility index (Phi) is 4.19. The number of para-hydroxylation sites is 1. The molecular formula is C21H25N5O. The number of benzene rings is 1. The molecule has 2 aromatic heterocycles. The summed E-state index contributed by atoms with van der Waals surface area (Å²) in [4.78, 5) is 16.5. The molecule has 6 heteroatoms. The minimum Gasteiger partial charge on any atom is -0.357 e. The van der Waals surface area contributed by atoms with E-state index in [0.717, 1.165) is 61.5 Å². The molecule has 0 fully saturated rings. The molecule has 0 bridgehead atoms. The van der Waals surface area contributed by atoms with E-state index in [1.807, 2.05) is 6.07 Å². The molecule has 1 atom stereocenters. The van der Waals surface area contributed by atoms with Crippen molar-refractivity contribution < 1.29 is 4.79 Å². The number of aromatic amines is 1. The summed E-state index contributed by atoms with van der Waals surface area (Å²) in [6, 6.07) is 8.35. The number of amides is 1. The third-order valence-corrected chi connectivity index (χ3v) is 6.04. The smallest absolute Gasteiger partial charge is 0.229 e. The third kappa shape index (κ3) is 2.93. The largest absolute Gasteiger partial charge is 0.357 e. The van der Waals surface area contributed by atoms with E-state index in [9.17, 15) is 4.79 Å². The number of aryl methyl sites for hydroxylation is 2. The molecule has 0 saturated heterocycles. The van der Waals surface area contributed by atoms with Crippen LogP contribution in [0.2, 0.25) is 0 Å². The Morgan fingerprint density at radius 2 is 2.07 bits per heavy atom. The van der Waals surface area contributed by atoms with Crippen molar-refractivity contribution in [3.05, 3.63) is 47.2 Å². The van der Waals surface area contributed by atoms with Gasteiger partial charge in [0.25, 0.3) is 0 Å². The minimum absolute atomic E-state index is 0.0912. The van der Waals surface area contributed by atoms with Crippen LogP contribution in [-0.4, -0.2) is 25.7 Å². The maximum atomic E-state index is 13.0. The van der Waals surface area contributed by atoms with Gasteiger partial charge in [0.05, 0.1) is 12.5 Å². The molecule has 0 saturated carbocycles. The Morgan fingerprint density at radius 3 is 3.04 bits per heavy atom. The number of carbonyl (C=O) groups is 1. The van der Waals surface area contributed by atoms with Crippen molar-refractivity contribution in [1.82, 2.24) is 25.1 Å². The van der Waals surface area contributed by atoms with Crippen LogP contribution >= 0.6 is 0 Å². The SMILES string of the molecule is O=C(NCc1nnc2n1CCCCC2)C1CCCc2c1[nH]c1ccccc21. The molecule has 2 N–H and O–H groups in total. The second kappa shape index (κ2) is 6.83. The first-order valence-corrected chi connectivity index (χ1v) is 10.1. The fourth-order valence-corrected chi connectivity index (χ4v) is 4.64. The maximum absolute atomic E-state index is 13.0. The van der Waals surface area contributed by atoms with E-state index in [0.29, 0.717) is 6.54 Å². The lowest BCUT2D eigenvalue weighted by Gasteiger charge is -2.22. The number of hydrogen-bond donors (Lipinski definition) is 2. The molecule has 140 valence electrons. The summed E-state index contributed by atoms with van der Waals surface area (Å²) < 4.78 is 2.20. The first-order chi connectivity index (χ1) is 13.3. The second-order valence-electron chi connectivity index (χ2n) is 7.72. The van der Waals surface area contributed by atoms with Crippen molar-refractivity contribution in [1.29, 1.82) is 0 Å². The third-order valence-electron chi connectivity index (χ3n) is 6.04. The number of H-pyrrole nitrogens is 1. The van der Waals surface area contributed by atoms with E-state index >= 15 is 0 Å². The summed E-state index contributed by atoms with van der Waals surface area (Å²) in [5, 5.41) is 13.0. The molecule has 1 aliphatic heterocycles. The van der Waals surface area contributed by atoms with Gasteiger partial charge in [-0.2, -0.15) is 0 Å². The monoisotopic (exact) mass is 363 g/mol. The van der Waals surface area contributed by atoms with Crippen LogP contribution in [0.1, 0.15) is 60.9 Å². The lowest BCUT2D eigenvalue weighted by Crippen LogP contribution is -2.32. The van der Waals surface area contributed by atoms with Crippen LogP contribution in [0.25, 0.3) is 10.9 Å². The molecule has 6 nitrogen and oxygen atoms in total. The van der Waals surface area contributed by atoms with Crippen LogP contribution in [0.15, 0.2) is 24.3 Å². The van der Waals surface area contributed by atoms with Gasteiger partial charge >= 0.3 is 0 Å². The van der Waals surface area contributed by atoms with Crippen molar-refractivity contribution in [3.8, 4) is 0 Å². The van der Waals surface area contributed by atoms with E-state index in [-0.39, 0.29) is 11.8 Å². The van der Waals surface area contributed by atoms with Crippen LogP contribution < -0.4 is 5.32 Å². The van der Waals surface area contributed by atoms with Crippen molar-refractivity contribution in [2.45, 2.75) is 64.0 Å². The lowest BCUT2D eigenvalue weighted by molar-refractivity contribution is -0.123. The predicted octanol–water partition coefficient (Wildman–Crippen LogP) is 3.22. The van der Waals surface area contributed by atoms with Crippen molar-refractivity contribution >= 4 is 16.8 Å². The summed E-state index contributed by atoms with van der Waals surface area (Å²) >= 11 is 0. The zero-order valence-corrected chi connectivity index (χ0v) is 15.5. The number of aromatic nitrogens is 4. The molecule has 2 aliphatic rings. The van der Waals surface area contributed by atoms with Crippen molar-refractivity contribution in [2.24, 2.45) is 0 Å². The first-order valence-electron chi connectivity index (χ1n) is 10.1. The zero-order chi connectivity index (χ0) is 18.2. The lowest BCUT2D eigenvalue weighted by atomic mass is 9.86. The molecule has 1 unspecified atom stereocenters. The van der Waals surface area contributed by atoms with Crippen molar-refractivity contribution in [3.63, 3.8) is 0 Å². The van der Waals surface area contributed by atoms with Crippen LogP contribution in [0.3, 0.4) is 0 Å². The van der Waals surface area contributed by atoms with E-state index < -0.39 is 0 Å². The molecule has 27 heavy (non-hydrogen) atoms. The van der Waals surface area contributed by atoms with E-state index in [2.05, 4.69) is 43.3 Å². The molecule has 3 heterocycles. The van der Waals surface area contributed by atoms with Gasteiger partial charge in [0, 0.05) is 29.6 Å². The highest BCUT2D eigenvalue weighted by molar-refractivity contribution is 5.90. The quantitative estimate of drug-likeness (QED) is 0.750. The molecule has 0 spiro atoms. The fraction of sp³-hybridized carbons (Fsp3) is 0.476. The van der Waals surface area contributed by atoms with Gasteiger partial charge in [-0.3, -0.25) is 4.79 Å². The summed E-state index contributed by atoms with van der Waals surface area (Å²) in [5.41, 5.74) is 3.54. The first kappa shape index (κ1) is 16.5. The van der Waals surface area contributed by atoms with Gasteiger partial charge in [-0.1, -0.05) is 24.6 Å². The molecule has 1 amide bonds. The van der Waals surface area contributed by atoms with Crippen LogP contribution in [-0.2, 0) is 30.7 Å². The number of carbonyl (C=O) groups excluding carboxylic acids is 1.